The van der Waals surface area contributed by atoms with Crippen molar-refractivity contribution in [3.05, 3.63) is 80.5 Å². The minimum absolute atomic E-state index is 0.168. The fraction of sp³-hybridized carbons (Fsp3) is 0.192. The molecule has 0 N–H and O–H groups in total. The van der Waals surface area contributed by atoms with Crippen LogP contribution in [-0.4, -0.2) is 27.1 Å². The Morgan fingerprint density at radius 3 is 2.38 bits per heavy atom. The molecule has 176 valence electrons. The van der Waals surface area contributed by atoms with Crippen molar-refractivity contribution in [3.8, 4) is 28.7 Å². The number of hydrogen-bond donors (Lipinski definition) is 0. The van der Waals surface area contributed by atoms with E-state index in [2.05, 4.69) is 0 Å². The van der Waals surface area contributed by atoms with Crippen molar-refractivity contribution < 1.29 is 28.5 Å². The lowest BCUT2D eigenvalue weighted by Crippen LogP contribution is -2.01. The fourth-order valence-electron chi connectivity index (χ4n) is 3.74. The minimum atomic E-state index is -0.225. The van der Waals surface area contributed by atoms with Crippen LogP contribution in [0.25, 0.3) is 6.08 Å². The number of carbonyl (C=O) groups excluding carboxylic acids is 1. The molecule has 34 heavy (non-hydrogen) atoms. The molecule has 3 aromatic carbocycles. The lowest BCUT2D eigenvalue weighted by molar-refractivity contribution is 0.101. The lowest BCUT2D eigenvalue weighted by atomic mass is 10.0. The number of fused-ring (bicyclic) bond motifs is 1. The summed E-state index contributed by atoms with van der Waals surface area (Å²) in [7, 11) is 4.58. The number of rotatable bonds is 7. The van der Waals surface area contributed by atoms with Gasteiger partial charge in [-0.05, 0) is 48.9 Å². The van der Waals surface area contributed by atoms with Gasteiger partial charge in [0, 0.05) is 27.2 Å². The van der Waals surface area contributed by atoms with Gasteiger partial charge in [-0.3, -0.25) is 4.79 Å². The fourth-order valence-corrected chi connectivity index (χ4v) is 4.20. The first-order chi connectivity index (χ1) is 16.4. The van der Waals surface area contributed by atoms with Crippen LogP contribution in [0.15, 0.2) is 48.2 Å². The van der Waals surface area contributed by atoms with Crippen LogP contribution in [0.5, 0.6) is 28.7 Å². The number of methoxy groups -OCH3 is 3. The normalized spacial score (nSPS) is 13.5. The average molecular weight is 501 g/mol. The zero-order chi connectivity index (χ0) is 24.4. The van der Waals surface area contributed by atoms with Crippen LogP contribution in [-0.2, 0) is 6.61 Å². The molecule has 1 aliphatic rings. The molecule has 8 heteroatoms. The largest absolute Gasteiger partial charge is 0.493 e. The second kappa shape index (κ2) is 9.87. The zero-order valence-corrected chi connectivity index (χ0v) is 20.5. The first kappa shape index (κ1) is 23.8. The van der Waals surface area contributed by atoms with E-state index in [0.29, 0.717) is 49.9 Å². The molecule has 1 heterocycles. The van der Waals surface area contributed by atoms with Crippen molar-refractivity contribution in [3.63, 3.8) is 0 Å². The predicted molar refractivity (Wildman–Crippen MR) is 131 cm³/mol. The molecule has 4 rings (SSSR count). The van der Waals surface area contributed by atoms with E-state index in [-0.39, 0.29) is 18.1 Å². The van der Waals surface area contributed by atoms with Crippen molar-refractivity contribution in [1.82, 2.24) is 0 Å². The van der Waals surface area contributed by atoms with E-state index in [1.165, 1.54) is 14.2 Å². The van der Waals surface area contributed by atoms with E-state index >= 15 is 0 Å². The van der Waals surface area contributed by atoms with E-state index in [9.17, 15) is 4.79 Å². The van der Waals surface area contributed by atoms with Gasteiger partial charge in [0.15, 0.2) is 17.3 Å². The number of hydrogen-bond acceptors (Lipinski definition) is 6. The topological polar surface area (TPSA) is 63.2 Å². The minimum Gasteiger partial charge on any atom is -0.493 e. The molecule has 0 aromatic heterocycles. The molecular weight excluding hydrogens is 479 g/mol. The van der Waals surface area contributed by atoms with Crippen LogP contribution in [0.1, 0.15) is 27.0 Å². The Morgan fingerprint density at radius 1 is 0.941 bits per heavy atom. The summed E-state index contributed by atoms with van der Waals surface area (Å²) >= 11 is 12.2. The number of allylic oxidation sites excluding steroid dienone is 1. The highest BCUT2D eigenvalue weighted by Crippen LogP contribution is 2.42. The van der Waals surface area contributed by atoms with E-state index in [1.54, 1.807) is 49.6 Å². The van der Waals surface area contributed by atoms with Crippen LogP contribution < -0.4 is 23.7 Å². The standard InChI is InChI=1S/C26H22Cl2O6/c1-14-9-18(33-13-16-5-7-17(27)11-19(16)28)12-21-23(14)24(29)22(34-21)10-15-6-8-20(30-2)26(32-4)25(15)31-3/h5-12H,13H2,1-4H3/b22-10-. The third kappa shape index (κ3) is 4.52. The van der Waals surface area contributed by atoms with Crippen molar-refractivity contribution in [1.29, 1.82) is 0 Å². The Kier molecular flexibility index (Phi) is 6.91. The van der Waals surface area contributed by atoms with Gasteiger partial charge >= 0.3 is 0 Å². The maximum atomic E-state index is 13.1. The molecule has 0 aliphatic carbocycles. The van der Waals surface area contributed by atoms with Gasteiger partial charge in [-0.25, -0.2) is 0 Å². The van der Waals surface area contributed by atoms with Crippen LogP contribution in [0, 0.1) is 6.92 Å². The summed E-state index contributed by atoms with van der Waals surface area (Å²) in [6.45, 7) is 2.08. The number of ether oxygens (including phenoxy) is 5. The van der Waals surface area contributed by atoms with Gasteiger partial charge in [0.2, 0.25) is 11.5 Å². The molecule has 6 nitrogen and oxygen atoms in total. The average Bonchev–Trinajstić information content (AvgIpc) is 3.13. The van der Waals surface area contributed by atoms with Gasteiger partial charge < -0.3 is 23.7 Å². The molecule has 0 saturated heterocycles. The third-order valence-corrected chi connectivity index (χ3v) is 5.96. The van der Waals surface area contributed by atoms with Crippen LogP contribution >= 0.6 is 23.2 Å². The van der Waals surface area contributed by atoms with Gasteiger partial charge in [0.1, 0.15) is 18.1 Å². The monoisotopic (exact) mass is 500 g/mol. The highest BCUT2D eigenvalue weighted by atomic mass is 35.5. The van der Waals surface area contributed by atoms with Crippen molar-refractivity contribution >= 4 is 35.1 Å². The van der Waals surface area contributed by atoms with Crippen LogP contribution in [0.3, 0.4) is 0 Å². The zero-order valence-electron chi connectivity index (χ0n) is 19.0. The summed E-state index contributed by atoms with van der Waals surface area (Å²) < 4.78 is 28.1. The highest BCUT2D eigenvalue weighted by molar-refractivity contribution is 6.35. The number of carbonyl (C=O) groups is 1. The molecule has 0 unspecified atom stereocenters. The summed E-state index contributed by atoms with van der Waals surface area (Å²) in [4.78, 5) is 13.1. The smallest absolute Gasteiger partial charge is 0.232 e. The van der Waals surface area contributed by atoms with Gasteiger partial charge in [-0.2, -0.15) is 0 Å². The summed E-state index contributed by atoms with van der Waals surface area (Å²) in [6, 6.07) is 12.2. The van der Waals surface area contributed by atoms with Crippen LogP contribution in [0.2, 0.25) is 10.0 Å². The summed E-state index contributed by atoms with van der Waals surface area (Å²) in [5, 5.41) is 1.07. The predicted octanol–water partition coefficient (Wildman–Crippen LogP) is 6.52. The first-order valence-electron chi connectivity index (χ1n) is 10.3. The number of ketones is 1. The molecule has 0 spiro atoms. The van der Waals surface area contributed by atoms with E-state index in [4.69, 9.17) is 46.9 Å². The third-order valence-electron chi connectivity index (χ3n) is 5.37. The number of aryl methyl sites for hydroxylation is 1. The SMILES string of the molecule is COc1ccc(/C=C2\Oc3cc(OCc4ccc(Cl)cc4Cl)cc(C)c3C2=O)c(OC)c1OC. The summed E-state index contributed by atoms with van der Waals surface area (Å²) in [5.74, 6) is 2.30. The summed E-state index contributed by atoms with van der Waals surface area (Å²) in [5.41, 5.74) is 2.63. The van der Waals surface area contributed by atoms with E-state index in [0.717, 1.165) is 11.1 Å². The molecule has 0 saturated carbocycles. The second-order valence-electron chi connectivity index (χ2n) is 7.50. The van der Waals surface area contributed by atoms with E-state index < -0.39 is 0 Å². The Hall–Kier alpha value is -3.35. The maximum Gasteiger partial charge on any atom is 0.232 e. The molecule has 0 radical (unpaired) electrons. The molecular formula is C26H22Cl2O6. The first-order valence-corrected chi connectivity index (χ1v) is 11.1. The second-order valence-corrected chi connectivity index (χ2v) is 8.34. The van der Waals surface area contributed by atoms with E-state index in [1.807, 2.05) is 13.0 Å². The Morgan fingerprint density at radius 2 is 1.71 bits per heavy atom. The number of benzene rings is 3. The molecule has 0 amide bonds. The Balaban J connectivity index is 1.62. The molecule has 3 aromatic rings. The lowest BCUT2D eigenvalue weighted by Gasteiger charge is -2.14. The molecule has 1 aliphatic heterocycles. The van der Waals surface area contributed by atoms with Crippen molar-refractivity contribution in [2.75, 3.05) is 21.3 Å². The van der Waals surface area contributed by atoms with Crippen LogP contribution in [0.4, 0.5) is 0 Å². The van der Waals surface area contributed by atoms with Gasteiger partial charge in [-0.15, -0.1) is 0 Å². The Labute approximate surface area is 207 Å². The number of Topliss-reactive ketones (excluding diaryl/α,β-unsaturated/α-hetero) is 1. The van der Waals surface area contributed by atoms with Gasteiger partial charge in [-0.1, -0.05) is 29.3 Å². The van der Waals surface area contributed by atoms with Gasteiger partial charge in [0.25, 0.3) is 0 Å². The molecule has 0 atom stereocenters. The quantitative estimate of drug-likeness (QED) is 0.344. The summed E-state index contributed by atoms with van der Waals surface area (Å²) in [6.07, 6.45) is 1.62. The number of halogens is 2. The highest BCUT2D eigenvalue weighted by Gasteiger charge is 2.30. The molecule has 0 bridgehead atoms. The molecule has 0 fully saturated rings. The van der Waals surface area contributed by atoms with Crippen molar-refractivity contribution in [2.45, 2.75) is 13.5 Å². The maximum absolute atomic E-state index is 13.1. The Bertz CT molecular complexity index is 1300. The van der Waals surface area contributed by atoms with Gasteiger partial charge in [0.05, 0.1) is 26.9 Å². The van der Waals surface area contributed by atoms with Crippen molar-refractivity contribution in [2.24, 2.45) is 0 Å².